The molecule has 98 valence electrons. The molecule has 0 saturated heterocycles. The summed E-state index contributed by atoms with van der Waals surface area (Å²) in [4.78, 5) is 12.0. The Balaban J connectivity index is 1.78. The van der Waals surface area contributed by atoms with Gasteiger partial charge in [-0.2, -0.15) is 0 Å². The van der Waals surface area contributed by atoms with Crippen LogP contribution in [0.15, 0.2) is 39.4 Å². The van der Waals surface area contributed by atoms with Crippen LogP contribution in [0.4, 0.5) is 11.4 Å². The van der Waals surface area contributed by atoms with Gasteiger partial charge in [0.25, 0.3) is 5.91 Å². The second-order valence-electron chi connectivity index (χ2n) is 4.46. The van der Waals surface area contributed by atoms with Gasteiger partial charge in [-0.25, -0.2) is 0 Å². The molecule has 2 aromatic rings. The largest absolute Gasteiger partial charge is 0.444 e. The molecule has 0 radical (unpaired) electrons. The molecule has 1 aliphatic rings. The number of hydrogen-bond acceptors (Lipinski definition) is 3. The summed E-state index contributed by atoms with van der Waals surface area (Å²) >= 11 is 3.18. The smallest absolute Gasteiger partial charge is 0.291 e. The molecule has 19 heavy (non-hydrogen) atoms. The van der Waals surface area contributed by atoms with Gasteiger partial charge in [-0.3, -0.25) is 4.79 Å². The predicted octanol–water partition coefficient (Wildman–Crippen LogP) is 3.65. The fourth-order valence-electron chi connectivity index (χ4n) is 2.18. The SMILES string of the molecule is O=C(Nc1ccc2c(c1)CCCN2)c1ccc(Br)o1. The maximum absolute atomic E-state index is 12.0. The van der Waals surface area contributed by atoms with Gasteiger partial charge in [0, 0.05) is 17.9 Å². The average molecular weight is 321 g/mol. The number of nitrogens with one attached hydrogen (secondary N) is 2. The van der Waals surface area contributed by atoms with Gasteiger partial charge in [0.05, 0.1) is 0 Å². The molecule has 4 nitrogen and oxygen atoms in total. The summed E-state index contributed by atoms with van der Waals surface area (Å²) in [5, 5.41) is 6.18. The van der Waals surface area contributed by atoms with Crippen molar-refractivity contribution in [2.75, 3.05) is 17.2 Å². The van der Waals surface area contributed by atoms with Crippen molar-refractivity contribution < 1.29 is 9.21 Å². The lowest BCUT2D eigenvalue weighted by atomic mass is 10.0. The van der Waals surface area contributed by atoms with Gasteiger partial charge in [0.1, 0.15) is 0 Å². The van der Waals surface area contributed by atoms with E-state index in [4.69, 9.17) is 4.42 Å². The number of rotatable bonds is 2. The van der Waals surface area contributed by atoms with Gasteiger partial charge < -0.3 is 15.1 Å². The normalized spacial score (nSPS) is 13.5. The number of hydrogen-bond donors (Lipinski definition) is 2. The average Bonchev–Trinajstić information content (AvgIpc) is 2.85. The lowest BCUT2D eigenvalue weighted by Crippen LogP contribution is -2.14. The van der Waals surface area contributed by atoms with E-state index in [0.717, 1.165) is 30.8 Å². The van der Waals surface area contributed by atoms with E-state index in [1.165, 1.54) is 5.56 Å². The fraction of sp³-hybridized carbons (Fsp3) is 0.214. The maximum Gasteiger partial charge on any atom is 0.291 e. The minimum Gasteiger partial charge on any atom is -0.444 e. The number of aryl methyl sites for hydroxylation is 1. The molecule has 1 aromatic carbocycles. The molecule has 2 N–H and O–H groups in total. The fourth-order valence-corrected chi connectivity index (χ4v) is 2.49. The lowest BCUT2D eigenvalue weighted by molar-refractivity contribution is 0.0995. The molecule has 0 saturated carbocycles. The van der Waals surface area contributed by atoms with E-state index < -0.39 is 0 Å². The molecule has 0 unspecified atom stereocenters. The highest BCUT2D eigenvalue weighted by molar-refractivity contribution is 9.10. The monoisotopic (exact) mass is 320 g/mol. The molecule has 3 rings (SSSR count). The lowest BCUT2D eigenvalue weighted by Gasteiger charge is -2.18. The van der Waals surface area contributed by atoms with Gasteiger partial charge in [-0.15, -0.1) is 0 Å². The Morgan fingerprint density at radius 1 is 1.32 bits per heavy atom. The number of benzene rings is 1. The molecule has 1 aliphatic heterocycles. The van der Waals surface area contributed by atoms with E-state index in [1.54, 1.807) is 12.1 Å². The molecule has 0 bridgehead atoms. The van der Waals surface area contributed by atoms with Crippen LogP contribution in [0, 0.1) is 0 Å². The van der Waals surface area contributed by atoms with Crippen molar-refractivity contribution in [3.05, 3.63) is 46.3 Å². The Morgan fingerprint density at radius 2 is 2.21 bits per heavy atom. The summed E-state index contributed by atoms with van der Waals surface area (Å²) in [5.41, 5.74) is 3.19. The van der Waals surface area contributed by atoms with E-state index in [0.29, 0.717) is 10.4 Å². The highest BCUT2D eigenvalue weighted by Crippen LogP contribution is 2.25. The van der Waals surface area contributed by atoms with E-state index in [9.17, 15) is 4.79 Å². The Hall–Kier alpha value is -1.75. The van der Waals surface area contributed by atoms with Crippen molar-refractivity contribution >= 4 is 33.2 Å². The van der Waals surface area contributed by atoms with Crippen LogP contribution in [0.1, 0.15) is 22.5 Å². The first-order valence-corrected chi connectivity index (χ1v) is 6.95. The number of amides is 1. The Kier molecular flexibility index (Phi) is 3.29. The van der Waals surface area contributed by atoms with Crippen LogP contribution >= 0.6 is 15.9 Å². The van der Waals surface area contributed by atoms with E-state index in [-0.39, 0.29) is 5.91 Å². The molecule has 0 fully saturated rings. The van der Waals surface area contributed by atoms with Gasteiger partial charge in [0.15, 0.2) is 10.4 Å². The van der Waals surface area contributed by atoms with Crippen LogP contribution in [-0.4, -0.2) is 12.5 Å². The highest BCUT2D eigenvalue weighted by atomic mass is 79.9. The van der Waals surface area contributed by atoms with E-state index in [2.05, 4.69) is 26.6 Å². The standard InChI is InChI=1S/C14H13BrN2O2/c15-13-6-5-12(19-13)14(18)17-10-3-4-11-9(8-10)2-1-7-16-11/h3-6,8,16H,1-2,7H2,(H,17,18). The quantitative estimate of drug-likeness (QED) is 0.888. The summed E-state index contributed by atoms with van der Waals surface area (Å²) in [7, 11) is 0. The predicted molar refractivity (Wildman–Crippen MR) is 77.6 cm³/mol. The third-order valence-electron chi connectivity index (χ3n) is 3.10. The number of furan rings is 1. The number of carbonyl (C=O) groups excluding carboxylic acids is 1. The molecule has 0 spiro atoms. The molecule has 0 atom stereocenters. The molecule has 1 amide bonds. The molecule has 5 heteroatoms. The number of carbonyl (C=O) groups is 1. The van der Waals surface area contributed by atoms with Crippen molar-refractivity contribution in [1.29, 1.82) is 0 Å². The van der Waals surface area contributed by atoms with Gasteiger partial charge >= 0.3 is 0 Å². The first kappa shape index (κ1) is 12.3. The number of anilines is 2. The van der Waals surface area contributed by atoms with Crippen LogP contribution in [0.3, 0.4) is 0 Å². The topological polar surface area (TPSA) is 54.3 Å². The summed E-state index contributed by atoms with van der Waals surface area (Å²) in [6.45, 7) is 1.01. The van der Waals surface area contributed by atoms with Gasteiger partial charge in [0.2, 0.25) is 0 Å². The highest BCUT2D eigenvalue weighted by Gasteiger charge is 2.13. The zero-order valence-electron chi connectivity index (χ0n) is 10.2. The van der Waals surface area contributed by atoms with Gasteiger partial charge in [-0.05, 0) is 64.7 Å². The summed E-state index contributed by atoms with van der Waals surface area (Å²) in [6.07, 6.45) is 2.16. The molecule has 2 heterocycles. The third kappa shape index (κ3) is 2.66. The van der Waals surface area contributed by atoms with Crippen LogP contribution in [0.25, 0.3) is 0 Å². The van der Waals surface area contributed by atoms with Crippen molar-refractivity contribution in [2.24, 2.45) is 0 Å². The van der Waals surface area contributed by atoms with Crippen molar-refractivity contribution in [3.63, 3.8) is 0 Å². The Bertz CT molecular complexity index is 622. The molecular formula is C14H13BrN2O2. The zero-order chi connectivity index (χ0) is 13.2. The minimum atomic E-state index is -0.241. The first-order chi connectivity index (χ1) is 9.22. The number of halogens is 1. The summed E-state index contributed by atoms with van der Waals surface area (Å²) in [5.74, 6) is 0.0529. The minimum absolute atomic E-state index is 0.241. The summed E-state index contributed by atoms with van der Waals surface area (Å²) < 4.78 is 5.77. The Labute approximate surface area is 119 Å². The van der Waals surface area contributed by atoms with Crippen molar-refractivity contribution in [3.8, 4) is 0 Å². The van der Waals surface area contributed by atoms with Crippen LogP contribution < -0.4 is 10.6 Å². The molecular weight excluding hydrogens is 308 g/mol. The first-order valence-electron chi connectivity index (χ1n) is 6.16. The zero-order valence-corrected chi connectivity index (χ0v) is 11.8. The number of fused-ring (bicyclic) bond motifs is 1. The van der Waals surface area contributed by atoms with Crippen LogP contribution in [-0.2, 0) is 6.42 Å². The van der Waals surface area contributed by atoms with E-state index >= 15 is 0 Å². The molecule has 0 aliphatic carbocycles. The van der Waals surface area contributed by atoms with Crippen molar-refractivity contribution in [1.82, 2.24) is 0 Å². The van der Waals surface area contributed by atoms with E-state index in [1.807, 2.05) is 18.2 Å². The third-order valence-corrected chi connectivity index (χ3v) is 3.52. The van der Waals surface area contributed by atoms with Crippen LogP contribution in [0.2, 0.25) is 0 Å². The summed E-state index contributed by atoms with van der Waals surface area (Å²) in [6, 6.07) is 9.25. The van der Waals surface area contributed by atoms with Crippen molar-refractivity contribution in [2.45, 2.75) is 12.8 Å². The second-order valence-corrected chi connectivity index (χ2v) is 5.24. The second kappa shape index (κ2) is 5.09. The maximum atomic E-state index is 12.0. The Morgan fingerprint density at radius 3 is 3.00 bits per heavy atom. The van der Waals surface area contributed by atoms with Gasteiger partial charge in [-0.1, -0.05) is 0 Å². The molecule has 1 aromatic heterocycles. The van der Waals surface area contributed by atoms with Crippen LogP contribution in [0.5, 0.6) is 0 Å².